The molecule has 2 aromatic rings. The summed E-state index contributed by atoms with van der Waals surface area (Å²) in [5.74, 6) is -1.74. The minimum atomic E-state index is -0.767. The highest BCUT2D eigenvalue weighted by Crippen LogP contribution is 2.27. The Bertz CT molecular complexity index is 957. The summed E-state index contributed by atoms with van der Waals surface area (Å²) >= 11 is 0. The number of hydrogen-bond donors (Lipinski definition) is 2. The molecule has 0 radical (unpaired) electrons. The normalized spacial score (nSPS) is 15.4. The molecule has 2 aromatic carbocycles. The van der Waals surface area contributed by atoms with Gasteiger partial charge in [-0.3, -0.25) is 19.8 Å². The number of benzene rings is 2. The van der Waals surface area contributed by atoms with E-state index in [1.807, 2.05) is 0 Å². The van der Waals surface area contributed by atoms with Crippen molar-refractivity contribution in [3.63, 3.8) is 0 Å². The highest BCUT2D eigenvalue weighted by Gasteiger charge is 2.34. The van der Waals surface area contributed by atoms with Crippen molar-refractivity contribution in [2.45, 2.75) is 6.54 Å². The van der Waals surface area contributed by atoms with Crippen LogP contribution < -0.4 is 5.32 Å². The molecule has 1 aliphatic heterocycles. The van der Waals surface area contributed by atoms with Crippen LogP contribution in [0.15, 0.2) is 48.2 Å². The summed E-state index contributed by atoms with van der Waals surface area (Å²) in [6.07, 6.45) is 1.24. The third kappa shape index (κ3) is 3.22. The van der Waals surface area contributed by atoms with Gasteiger partial charge in [0.1, 0.15) is 11.5 Å². The number of carbonyl (C=O) groups is 2. The van der Waals surface area contributed by atoms with Gasteiger partial charge in [-0.1, -0.05) is 24.3 Å². The lowest BCUT2D eigenvalue weighted by Gasteiger charge is -2.12. The second-order valence-electron chi connectivity index (χ2n) is 5.48. The number of nitrogens with one attached hydrogen (secondary N) is 1. The minimum absolute atomic E-state index is 0.105. The Morgan fingerprint density at radius 3 is 2.65 bits per heavy atom. The molecule has 0 aromatic heterocycles. The standard InChI is InChI=1S/C17H12FN3O5/c18-12-4-2-1-3-11(12)9-20-16(23)13(19-17(20)24)7-10-5-6-15(22)14(8-10)21(25)26/h1-8,22H,9H2,(H,19,24)/b13-7-. The van der Waals surface area contributed by atoms with Crippen LogP contribution >= 0.6 is 0 Å². The van der Waals surface area contributed by atoms with Crippen LogP contribution in [0.1, 0.15) is 11.1 Å². The van der Waals surface area contributed by atoms with E-state index >= 15 is 0 Å². The maximum Gasteiger partial charge on any atom is 0.329 e. The Labute approximate surface area is 146 Å². The van der Waals surface area contributed by atoms with E-state index in [1.165, 1.54) is 30.3 Å². The Morgan fingerprint density at radius 2 is 1.96 bits per heavy atom. The van der Waals surface area contributed by atoms with Gasteiger partial charge in [0.25, 0.3) is 5.91 Å². The molecule has 2 N–H and O–H groups in total. The molecule has 0 unspecified atom stereocenters. The lowest BCUT2D eigenvalue weighted by molar-refractivity contribution is -0.385. The van der Waals surface area contributed by atoms with Crippen LogP contribution in [0.5, 0.6) is 5.75 Å². The highest BCUT2D eigenvalue weighted by atomic mass is 19.1. The predicted octanol–water partition coefficient (Wildman–Crippen LogP) is 2.53. The van der Waals surface area contributed by atoms with Crippen LogP contribution in [0.4, 0.5) is 14.9 Å². The lowest BCUT2D eigenvalue weighted by Crippen LogP contribution is -2.30. The van der Waals surface area contributed by atoms with Gasteiger partial charge >= 0.3 is 11.7 Å². The first kappa shape index (κ1) is 17.1. The molecule has 0 aliphatic carbocycles. The third-order valence-electron chi connectivity index (χ3n) is 3.76. The second-order valence-corrected chi connectivity index (χ2v) is 5.48. The van der Waals surface area contributed by atoms with Crippen molar-refractivity contribution >= 4 is 23.7 Å². The first-order valence-electron chi connectivity index (χ1n) is 7.42. The maximum absolute atomic E-state index is 13.7. The molecule has 3 rings (SSSR count). The van der Waals surface area contributed by atoms with Crippen LogP contribution in [0.25, 0.3) is 6.08 Å². The number of urea groups is 1. The second kappa shape index (κ2) is 6.63. The molecule has 1 saturated heterocycles. The van der Waals surface area contributed by atoms with Crippen molar-refractivity contribution in [3.8, 4) is 5.75 Å². The van der Waals surface area contributed by atoms with Gasteiger partial charge in [0.15, 0.2) is 5.75 Å². The monoisotopic (exact) mass is 357 g/mol. The summed E-state index contributed by atoms with van der Waals surface area (Å²) in [6.45, 7) is -0.246. The van der Waals surface area contributed by atoms with Gasteiger partial charge in [0, 0.05) is 11.6 Å². The van der Waals surface area contributed by atoms with Crippen LogP contribution in [-0.4, -0.2) is 26.9 Å². The quantitative estimate of drug-likeness (QED) is 0.378. The molecule has 0 bridgehead atoms. The zero-order valence-corrected chi connectivity index (χ0v) is 13.2. The van der Waals surface area contributed by atoms with E-state index in [4.69, 9.17) is 0 Å². The topological polar surface area (TPSA) is 113 Å². The van der Waals surface area contributed by atoms with Gasteiger partial charge < -0.3 is 10.4 Å². The maximum atomic E-state index is 13.7. The van der Waals surface area contributed by atoms with E-state index in [0.29, 0.717) is 0 Å². The molecule has 1 fully saturated rings. The van der Waals surface area contributed by atoms with Crippen molar-refractivity contribution in [1.29, 1.82) is 0 Å². The van der Waals surface area contributed by atoms with E-state index in [-0.39, 0.29) is 23.4 Å². The summed E-state index contributed by atoms with van der Waals surface area (Å²) in [5.41, 5.74) is -0.214. The van der Waals surface area contributed by atoms with Crippen molar-refractivity contribution in [2.24, 2.45) is 0 Å². The summed E-state index contributed by atoms with van der Waals surface area (Å²) in [4.78, 5) is 35.3. The largest absolute Gasteiger partial charge is 0.502 e. The van der Waals surface area contributed by atoms with Crippen LogP contribution in [-0.2, 0) is 11.3 Å². The van der Waals surface area contributed by atoms with Gasteiger partial charge in [-0.15, -0.1) is 0 Å². The van der Waals surface area contributed by atoms with E-state index in [2.05, 4.69) is 5.32 Å². The number of phenols is 1. The molecular weight excluding hydrogens is 345 g/mol. The summed E-state index contributed by atoms with van der Waals surface area (Å²) in [7, 11) is 0. The Kier molecular flexibility index (Phi) is 4.36. The number of halogens is 1. The number of hydrogen-bond acceptors (Lipinski definition) is 5. The van der Waals surface area contributed by atoms with Crippen LogP contribution in [0.2, 0.25) is 0 Å². The smallest absolute Gasteiger partial charge is 0.329 e. The number of phenolic OH excluding ortho intramolecular Hbond substituents is 1. The number of aromatic hydroxyl groups is 1. The van der Waals surface area contributed by atoms with Gasteiger partial charge in [-0.25, -0.2) is 9.18 Å². The van der Waals surface area contributed by atoms with Crippen molar-refractivity contribution < 1.29 is 24.0 Å². The van der Waals surface area contributed by atoms with Crippen LogP contribution in [0, 0.1) is 15.9 Å². The molecular formula is C17H12FN3O5. The van der Waals surface area contributed by atoms with E-state index in [0.717, 1.165) is 17.0 Å². The zero-order valence-electron chi connectivity index (χ0n) is 13.2. The number of rotatable bonds is 4. The summed E-state index contributed by atoms with van der Waals surface area (Å²) < 4.78 is 13.7. The van der Waals surface area contributed by atoms with E-state index in [1.54, 1.807) is 6.07 Å². The van der Waals surface area contributed by atoms with Crippen molar-refractivity contribution in [3.05, 3.63) is 75.2 Å². The Morgan fingerprint density at radius 1 is 1.23 bits per heavy atom. The number of nitro groups is 1. The molecule has 0 saturated carbocycles. The van der Waals surface area contributed by atoms with E-state index < -0.39 is 34.1 Å². The predicted molar refractivity (Wildman–Crippen MR) is 88.2 cm³/mol. The Balaban J connectivity index is 1.87. The summed E-state index contributed by atoms with van der Waals surface area (Å²) in [6, 6.07) is 8.58. The first-order chi connectivity index (χ1) is 12.4. The lowest BCUT2D eigenvalue weighted by atomic mass is 10.1. The third-order valence-corrected chi connectivity index (χ3v) is 3.76. The van der Waals surface area contributed by atoms with Crippen LogP contribution in [0.3, 0.4) is 0 Å². The highest BCUT2D eigenvalue weighted by molar-refractivity contribution is 6.13. The first-order valence-corrected chi connectivity index (χ1v) is 7.42. The molecule has 0 atom stereocenters. The molecule has 9 heteroatoms. The molecule has 1 heterocycles. The SMILES string of the molecule is O=C1N/C(=C\c2ccc(O)c([N+](=O)[O-])c2)C(=O)N1Cc1ccccc1F. The minimum Gasteiger partial charge on any atom is -0.502 e. The fraction of sp³-hybridized carbons (Fsp3) is 0.0588. The van der Waals surface area contributed by atoms with Gasteiger partial charge in [0.05, 0.1) is 11.5 Å². The zero-order chi connectivity index (χ0) is 18.8. The number of nitrogens with zero attached hydrogens (tertiary/aromatic N) is 2. The molecule has 0 spiro atoms. The fourth-order valence-corrected chi connectivity index (χ4v) is 2.46. The molecule has 132 valence electrons. The average Bonchev–Trinajstić information content (AvgIpc) is 2.85. The van der Waals surface area contributed by atoms with E-state index in [9.17, 15) is 29.2 Å². The summed E-state index contributed by atoms with van der Waals surface area (Å²) in [5, 5.41) is 22.7. The van der Waals surface area contributed by atoms with Gasteiger partial charge in [0.2, 0.25) is 0 Å². The number of amides is 3. The fourth-order valence-electron chi connectivity index (χ4n) is 2.46. The molecule has 8 nitrogen and oxygen atoms in total. The molecule has 3 amide bonds. The number of imide groups is 1. The number of carbonyl (C=O) groups excluding carboxylic acids is 2. The number of nitro benzene ring substituents is 1. The van der Waals surface area contributed by atoms with Crippen molar-refractivity contribution in [1.82, 2.24) is 10.2 Å². The van der Waals surface area contributed by atoms with Gasteiger partial charge in [-0.05, 0) is 23.8 Å². The van der Waals surface area contributed by atoms with Crippen molar-refractivity contribution in [2.75, 3.05) is 0 Å². The average molecular weight is 357 g/mol. The molecule has 26 heavy (non-hydrogen) atoms. The Hall–Kier alpha value is -3.75. The molecule has 1 aliphatic rings. The van der Waals surface area contributed by atoms with Gasteiger partial charge in [-0.2, -0.15) is 0 Å².